The van der Waals surface area contributed by atoms with Gasteiger partial charge in [-0.1, -0.05) is 6.07 Å². The molecule has 5 heteroatoms. The molecular weight excluding hydrogens is 251 g/mol. The molecule has 16 heavy (non-hydrogen) atoms. The van der Waals surface area contributed by atoms with Gasteiger partial charge in [0.1, 0.15) is 5.82 Å². The molecule has 1 aliphatic carbocycles. The Morgan fingerprint density at radius 3 is 2.88 bits per heavy atom. The molecule has 0 radical (unpaired) electrons. The normalized spacial score (nSPS) is 20.5. The van der Waals surface area contributed by atoms with Crippen molar-refractivity contribution >= 4 is 19.7 Å². The van der Waals surface area contributed by atoms with Gasteiger partial charge < -0.3 is 0 Å². The van der Waals surface area contributed by atoms with Gasteiger partial charge in [-0.3, -0.25) is 0 Å². The number of hydrogen-bond donors (Lipinski definition) is 0. The minimum Gasteiger partial charge on any atom is -0.212 e. The fourth-order valence-corrected chi connectivity index (χ4v) is 3.58. The van der Waals surface area contributed by atoms with Crippen molar-refractivity contribution < 1.29 is 12.8 Å². The molecule has 0 heterocycles. The van der Waals surface area contributed by atoms with Crippen molar-refractivity contribution in [2.24, 2.45) is 0 Å². The molecule has 0 saturated carbocycles. The second-order valence-corrected chi connectivity index (χ2v) is 6.96. The summed E-state index contributed by atoms with van der Waals surface area (Å²) in [7, 11) is 1.76. The number of halogens is 2. The molecule has 2 rings (SSSR count). The molecule has 0 aliphatic heterocycles. The zero-order valence-corrected chi connectivity index (χ0v) is 10.2. The fraction of sp³-hybridized carbons (Fsp3) is 0.455. The van der Waals surface area contributed by atoms with Gasteiger partial charge in [-0.25, -0.2) is 12.8 Å². The van der Waals surface area contributed by atoms with Crippen LogP contribution in [-0.2, 0) is 15.5 Å². The van der Waals surface area contributed by atoms with E-state index < -0.39 is 9.05 Å². The summed E-state index contributed by atoms with van der Waals surface area (Å²) < 4.78 is 35.2. The molecule has 1 aromatic rings. The topological polar surface area (TPSA) is 34.1 Å². The van der Waals surface area contributed by atoms with E-state index in [4.69, 9.17) is 10.7 Å². The minimum atomic E-state index is -3.50. The molecular formula is C11H12ClFO2S. The lowest BCUT2D eigenvalue weighted by Crippen LogP contribution is -2.16. The SMILES string of the molecule is O=S(=O)(Cl)CC1CCCc2cc(F)ccc21. The Balaban J connectivity index is 2.33. The zero-order chi connectivity index (χ0) is 11.8. The summed E-state index contributed by atoms with van der Waals surface area (Å²) >= 11 is 0. The van der Waals surface area contributed by atoms with E-state index in [0.717, 1.165) is 30.4 Å². The van der Waals surface area contributed by atoms with E-state index in [1.165, 1.54) is 12.1 Å². The predicted molar refractivity (Wildman–Crippen MR) is 61.7 cm³/mol. The molecule has 2 nitrogen and oxygen atoms in total. The Hall–Kier alpha value is -0.610. The largest absolute Gasteiger partial charge is 0.233 e. The predicted octanol–water partition coefficient (Wildman–Crippen LogP) is 2.81. The first kappa shape index (κ1) is 11.9. The number of aryl methyl sites for hydroxylation is 1. The van der Waals surface area contributed by atoms with E-state index in [2.05, 4.69) is 0 Å². The molecule has 88 valence electrons. The van der Waals surface area contributed by atoms with Crippen LogP contribution in [0.1, 0.15) is 29.9 Å². The Morgan fingerprint density at radius 2 is 2.19 bits per heavy atom. The highest BCUT2D eigenvalue weighted by Crippen LogP contribution is 2.33. The van der Waals surface area contributed by atoms with Gasteiger partial charge >= 0.3 is 0 Å². The van der Waals surface area contributed by atoms with E-state index >= 15 is 0 Å². The van der Waals surface area contributed by atoms with Crippen LogP contribution >= 0.6 is 10.7 Å². The molecule has 1 unspecified atom stereocenters. The van der Waals surface area contributed by atoms with Crippen molar-refractivity contribution in [1.82, 2.24) is 0 Å². The second-order valence-electron chi connectivity index (χ2n) is 4.14. The van der Waals surface area contributed by atoms with E-state index in [-0.39, 0.29) is 17.5 Å². The average Bonchev–Trinajstić information content (AvgIpc) is 2.15. The summed E-state index contributed by atoms with van der Waals surface area (Å²) in [6.45, 7) is 0. The smallest absolute Gasteiger partial charge is 0.212 e. The summed E-state index contributed by atoms with van der Waals surface area (Å²) in [4.78, 5) is 0. The first-order valence-corrected chi connectivity index (χ1v) is 7.64. The standard InChI is InChI=1S/C11H12ClFO2S/c12-16(14,15)7-9-3-1-2-8-6-10(13)4-5-11(8)9/h4-6,9H,1-3,7H2. The third-order valence-electron chi connectivity index (χ3n) is 2.94. The molecule has 0 amide bonds. The molecule has 1 atom stereocenters. The lowest BCUT2D eigenvalue weighted by molar-refractivity contribution is 0.560. The highest BCUT2D eigenvalue weighted by Gasteiger charge is 2.24. The van der Waals surface area contributed by atoms with Crippen LogP contribution in [0.4, 0.5) is 4.39 Å². The van der Waals surface area contributed by atoms with E-state index in [9.17, 15) is 12.8 Å². The number of hydrogen-bond acceptors (Lipinski definition) is 2. The van der Waals surface area contributed by atoms with Crippen molar-refractivity contribution in [3.8, 4) is 0 Å². The van der Waals surface area contributed by atoms with Gasteiger partial charge in [-0.2, -0.15) is 0 Å². The summed E-state index contributed by atoms with van der Waals surface area (Å²) in [5.41, 5.74) is 1.84. The Labute approximate surface area is 98.8 Å². The van der Waals surface area contributed by atoms with Crippen molar-refractivity contribution in [3.63, 3.8) is 0 Å². The van der Waals surface area contributed by atoms with Gasteiger partial charge in [0.2, 0.25) is 9.05 Å². The van der Waals surface area contributed by atoms with Gasteiger partial charge in [-0.15, -0.1) is 0 Å². The Kier molecular flexibility index (Phi) is 3.22. The van der Waals surface area contributed by atoms with Gasteiger partial charge in [0.25, 0.3) is 0 Å². The molecule has 1 aromatic carbocycles. The van der Waals surface area contributed by atoms with Crippen LogP contribution in [0.25, 0.3) is 0 Å². The lowest BCUT2D eigenvalue weighted by Gasteiger charge is -2.24. The van der Waals surface area contributed by atoms with Crippen LogP contribution in [-0.4, -0.2) is 14.2 Å². The molecule has 0 bridgehead atoms. The van der Waals surface area contributed by atoms with Gasteiger partial charge in [-0.05, 0) is 48.4 Å². The Bertz CT molecular complexity index is 499. The van der Waals surface area contributed by atoms with Crippen LogP contribution in [0, 0.1) is 5.82 Å². The first-order valence-electron chi connectivity index (χ1n) is 5.16. The average molecular weight is 263 g/mol. The molecule has 1 aliphatic rings. The molecule has 0 N–H and O–H groups in total. The fourth-order valence-electron chi connectivity index (χ4n) is 2.30. The number of fused-ring (bicyclic) bond motifs is 1. The number of rotatable bonds is 2. The maximum absolute atomic E-state index is 13.0. The van der Waals surface area contributed by atoms with Crippen molar-refractivity contribution in [2.75, 3.05) is 5.75 Å². The molecule has 0 saturated heterocycles. The van der Waals surface area contributed by atoms with Crippen molar-refractivity contribution in [3.05, 3.63) is 35.1 Å². The summed E-state index contributed by atoms with van der Waals surface area (Å²) in [6, 6.07) is 4.54. The third kappa shape index (κ3) is 2.74. The van der Waals surface area contributed by atoms with E-state index in [0.29, 0.717) is 0 Å². The quantitative estimate of drug-likeness (QED) is 0.768. The van der Waals surface area contributed by atoms with Crippen molar-refractivity contribution in [2.45, 2.75) is 25.2 Å². The lowest BCUT2D eigenvalue weighted by atomic mass is 9.84. The maximum Gasteiger partial charge on any atom is 0.233 e. The van der Waals surface area contributed by atoms with Gasteiger partial charge in [0.05, 0.1) is 5.75 Å². The first-order chi connectivity index (χ1) is 7.46. The molecule has 0 aromatic heterocycles. The third-order valence-corrected chi connectivity index (χ3v) is 4.12. The minimum absolute atomic E-state index is 0.0623. The maximum atomic E-state index is 13.0. The summed E-state index contributed by atoms with van der Waals surface area (Å²) in [5, 5.41) is 0. The molecule has 0 spiro atoms. The highest BCUT2D eigenvalue weighted by atomic mass is 35.7. The number of benzene rings is 1. The Morgan fingerprint density at radius 1 is 1.44 bits per heavy atom. The molecule has 0 fully saturated rings. The van der Waals surface area contributed by atoms with Gasteiger partial charge in [0.15, 0.2) is 0 Å². The van der Waals surface area contributed by atoms with Crippen LogP contribution in [0.15, 0.2) is 18.2 Å². The van der Waals surface area contributed by atoms with Crippen LogP contribution in [0.3, 0.4) is 0 Å². The van der Waals surface area contributed by atoms with Gasteiger partial charge in [0, 0.05) is 10.7 Å². The summed E-state index contributed by atoms with van der Waals surface area (Å²) in [5.74, 6) is -0.423. The van der Waals surface area contributed by atoms with Crippen molar-refractivity contribution in [1.29, 1.82) is 0 Å². The monoisotopic (exact) mass is 262 g/mol. The summed E-state index contributed by atoms with van der Waals surface area (Å²) in [6.07, 6.45) is 2.49. The van der Waals surface area contributed by atoms with Crippen LogP contribution in [0.2, 0.25) is 0 Å². The van der Waals surface area contributed by atoms with E-state index in [1.807, 2.05) is 0 Å². The van der Waals surface area contributed by atoms with E-state index in [1.54, 1.807) is 6.07 Å². The highest BCUT2D eigenvalue weighted by molar-refractivity contribution is 8.13. The van der Waals surface area contributed by atoms with Crippen LogP contribution in [0.5, 0.6) is 0 Å². The second kappa shape index (κ2) is 4.34. The van der Waals surface area contributed by atoms with Crippen LogP contribution < -0.4 is 0 Å². The zero-order valence-electron chi connectivity index (χ0n) is 8.62.